The third-order valence-electron chi connectivity index (χ3n) is 3.90. The summed E-state index contributed by atoms with van der Waals surface area (Å²) in [5.41, 5.74) is 6.48. The molecule has 1 fully saturated rings. The molecule has 0 atom stereocenters. The van der Waals surface area contributed by atoms with Crippen LogP contribution in [0.15, 0.2) is 23.8 Å². The van der Waals surface area contributed by atoms with Gasteiger partial charge in [0.1, 0.15) is 0 Å². The predicted molar refractivity (Wildman–Crippen MR) is 76.0 cm³/mol. The Balaban J connectivity index is 2.63. The molecule has 1 aliphatic rings. The smallest absolute Gasteiger partial charge is 0.0807 e. The maximum Gasteiger partial charge on any atom is 0.0807 e. The molecule has 3 heteroatoms. The van der Waals surface area contributed by atoms with E-state index in [1.165, 1.54) is 5.57 Å². The Hall–Kier alpha value is -1.11. The summed E-state index contributed by atoms with van der Waals surface area (Å²) in [5, 5.41) is 9.52. The van der Waals surface area contributed by atoms with Crippen LogP contribution in [0.5, 0.6) is 0 Å². The second kappa shape index (κ2) is 7.35. The Morgan fingerprint density at radius 2 is 2.11 bits per heavy atom. The van der Waals surface area contributed by atoms with Crippen LogP contribution in [0, 0.1) is 16.7 Å². The molecule has 0 radical (unpaired) electrons. The number of piperidine rings is 1. The number of hydrogen-bond acceptors (Lipinski definition) is 3. The molecule has 0 aliphatic carbocycles. The number of rotatable bonds is 5. The lowest BCUT2D eigenvalue weighted by atomic mass is 9.74. The van der Waals surface area contributed by atoms with Crippen molar-refractivity contribution >= 4 is 0 Å². The molecule has 0 aromatic carbocycles. The van der Waals surface area contributed by atoms with E-state index in [1.54, 1.807) is 0 Å². The third kappa shape index (κ3) is 3.69. The Morgan fingerprint density at radius 1 is 1.44 bits per heavy atom. The van der Waals surface area contributed by atoms with Gasteiger partial charge in [-0.3, -0.25) is 0 Å². The van der Waals surface area contributed by atoms with Gasteiger partial charge in [-0.25, -0.2) is 0 Å². The minimum absolute atomic E-state index is 0.251. The zero-order valence-corrected chi connectivity index (χ0v) is 11.7. The van der Waals surface area contributed by atoms with Crippen LogP contribution in [0.25, 0.3) is 0 Å². The van der Waals surface area contributed by atoms with E-state index in [0.29, 0.717) is 0 Å². The van der Waals surface area contributed by atoms with Crippen LogP contribution in [-0.2, 0) is 0 Å². The Morgan fingerprint density at radius 3 is 2.61 bits per heavy atom. The highest BCUT2D eigenvalue weighted by Gasteiger charge is 2.35. The van der Waals surface area contributed by atoms with Crippen LogP contribution in [-0.4, -0.2) is 31.1 Å². The molecule has 18 heavy (non-hydrogen) atoms. The van der Waals surface area contributed by atoms with Crippen molar-refractivity contribution in [1.82, 2.24) is 4.90 Å². The van der Waals surface area contributed by atoms with Gasteiger partial charge in [-0.2, -0.15) is 5.26 Å². The molecule has 1 saturated heterocycles. The molecular formula is C15H25N3. The minimum atomic E-state index is -0.251. The van der Waals surface area contributed by atoms with Crippen molar-refractivity contribution in [1.29, 1.82) is 5.26 Å². The van der Waals surface area contributed by atoms with Crippen LogP contribution in [0.3, 0.4) is 0 Å². The Kier molecular flexibility index (Phi) is 6.11. The molecule has 0 aromatic rings. The van der Waals surface area contributed by atoms with E-state index in [-0.39, 0.29) is 5.41 Å². The fraction of sp³-hybridized carbons (Fsp3) is 0.667. The zero-order valence-electron chi connectivity index (χ0n) is 11.7. The molecule has 3 nitrogen and oxygen atoms in total. The molecule has 0 saturated carbocycles. The average Bonchev–Trinajstić information content (AvgIpc) is 2.43. The van der Waals surface area contributed by atoms with Crippen molar-refractivity contribution in [3.05, 3.63) is 23.8 Å². The van der Waals surface area contributed by atoms with Crippen LogP contribution in [0.1, 0.15) is 33.1 Å². The highest BCUT2D eigenvalue weighted by atomic mass is 15.1. The van der Waals surface area contributed by atoms with E-state index in [2.05, 4.69) is 24.0 Å². The first-order valence-electron chi connectivity index (χ1n) is 6.82. The monoisotopic (exact) mass is 247 g/mol. The number of nitrogens with zero attached hydrogens (tertiary/aromatic N) is 2. The van der Waals surface area contributed by atoms with E-state index >= 15 is 0 Å². The van der Waals surface area contributed by atoms with Crippen LogP contribution >= 0.6 is 0 Å². The maximum absolute atomic E-state index is 9.52. The summed E-state index contributed by atoms with van der Waals surface area (Å²) in [4.78, 5) is 2.42. The Bertz CT molecular complexity index is 341. The van der Waals surface area contributed by atoms with Gasteiger partial charge < -0.3 is 10.6 Å². The number of nitrogens with two attached hydrogens (primary N) is 1. The lowest BCUT2D eigenvalue weighted by molar-refractivity contribution is 0.165. The first-order valence-corrected chi connectivity index (χ1v) is 6.82. The predicted octanol–water partition coefficient (Wildman–Crippen LogP) is 2.46. The molecule has 0 amide bonds. The van der Waals surface area contributed by atoms with Crippen molar-refractivity contribution in [3.63, 3.8) is 0 Å². The summed E-state index contributed by atoms with van der Waals surface area (Å²) < 4.78 is 0. The molecule has 100 valence electrons. The van der Waals surface area contributed by atoms with Gasteiger partial charge in [-0.05, 0) is 59.3 Å². The Labute approximate surface area is 111 Å². The van der Waals surface area contributed by atoms with Crippen molar-refractivity contribution in [3.8, 4) is 6.07 Å². The number of nitriles is 1. The second-order valence-corrected chi connectivity index (χ2v) is 5.05. The van der Waals surface area contributed by atoms with Gasteiger partial charge in [0.15, 0.2) is 0 Å². The first-order chi connectivity index (χ1) is 8.68. The van der Waals surface area contributed by atoms with Crippen LogP contribution < -0.4 is 5.73 Å². The number of likely N-dealkylation sites (tertiary alicyclic amines) is 1. The normalized spacial score (nSPS) is 21.1. The molecule has 2 N–H and O–H groups in total. The van der Waals surface area contributed by atoms with Gasteiger partial charge in [0.2, 0.25) is 0 Å². The van der Waals surface area contributed by atoms with E-state index in [9.17, 15) is 5.26 Å². The molecule has 0 aromatic heterocycles. The zero-order chi connectivity index (χ0) is 13.4. The fourth-order valence-electron chi connectivity index (χ4n) is 2.47. The SMILES string of the molecule is C/C=C\C=C(/C)C1(C#N)CCN(CCCN)CC1. The van der Waals surface area contributed by atoms with Gasteiger partial charge in [0, 0.05) is 0 Å². The van der Waals surface area contributed by atoms with Crippen molar-refractivity contribution in [2.75, 3.05) is 26.2 Å². The van der Waals surface area contributed by atoms with Crippen LogP contribution in [0.4, 0.5) is 0 Å². The summed E-state index contributed by atoms with van der Waals surface area (Å²) >= 11 is 0. The minimum Gasteiger partial charge on any atom is -0.330 e. The van der Waals surface area contributed by atoms with E-state index in [0.717, 1.165) is 45.4 Å². The van der Waals surface area contributed by atoms with E-state index in [4.69, 9.17) is 5.73 Å². The second-order valence-electron chi connectivity index (χ2n) is 5.05. The van der Waals surface area contributed by atoms with Gasteiger partial charge in [0.05, 0.1) is 11.5 Å². The molecule has 1 aliphatic heterocycles. The summed E-state index contributed by atoms with van der Waals surface area (Å²) in [6, 6.07) is 2.55. The largest absolute Gasteiger partial charge is 0.330 e. The standard InChI is InChI=1S/C15H25N3/c1-3-4-6-14(2)15(13-17)7-11-18(12-8-15)10-5-9-16/h3-4,6H,5,7-12,16H2,1-2H3/b4-3-,14-6+. The summed E-state index contributed by atoms with van der Waals surface area (Å²) in [7, 11) is 0. The van der Waals surface area contributed by atoms with Crippen molar-refractivity contribution < 1.29 is 0 Å². The van der Waals surface area contributed by atoms with Crippen molar-refractivity contribution in [2.45, 2.75) is 33.1 Å². The lowest BCUT2D eigenvalue weighted by Gasteiger charge is -2.38. The third-order valence-corrected chi connectivity index (χ3v) is 3.90. The molecule has 0 bridgehead atoms. The highest BCUT2D eigenvalue weighted by molar-refractivity contribution is 5.26. The molecule has 1 rings (SSSR count). The number of hydrogen-bond donors (Lipinski definition) is 1. The van der Waals surface area contributed by atoms with Gasteiger partial charge >= 0.3 is 0 Å². The van der Waals surface area contributed by atoms with Gasteiger partial charge in [-0.1, -0.05) is 23.8 Å². The quantitative estimate of drug-likeness (QED) is 0.759. The lowest BCUT2D eigenvalue weighted by Crippen LogP contribution is -2.40. The fourth-order valence-corrected chi connectivity index (χ4v) is 2.47. The molecular weight excluding hydrogens is 222 g/mol. The molecule has 0 unspecified atom stereocenters. The van der Waals surface area contributed by atoms with Crippen molar-refractivity contribution in [2.24, 2.45) is 11.1 Å². The van der Waals surface area contributed by atoms with Gasteiger partial charge in [0.25, 0.3) is 0 Å². The molecule has 1 heterocycles. The van der Waals surface area contributed by atoms with E-state index in [1.807, 2.05) is 19.1 Å². The van der Waals surface area contributed by atoms with Gasteiger partial charge in [-0.15, -0.1) is 0 Å². The average molecular weight is 247 g/mol. The molecule has 0 spiro atoms. The summed E-state index contributed by atoms with van der Waals surface area (Å²) in [6.07, 6.45) is 9.04. The summed E-state index contributed by atoms with van der Waals surface area (Å²) in [5.74, 6) is 0. The summed E-state index contributed by atoms with van der Waals surface area (Å²) in [6.45, 7) is 7.91. The highest BCUT2D eigenvalue weighted by Crippen LogP contribution is 2.37. The topological polar surface area (TPSA) is 53.0 Å². The number of allylic oxidation sites excluding steroid dienone is 4. The maximum atomic E-state index is 9.52. The van der Waals surface area contributed by atoms with Crippen LogP contribution in [0.2, 0.25) is 0 Å². The first kappa shape index (κ1) is 14.9. The van der Waals surface area contributed by atoms with E-state index < -0.39 is 0 Å².